The van der Waals surface area contributed by atoms with Crippen LogP contribution < -0.4 is 14.9 Å². The molecule has 0 bridgehead atoms. The molecule has 0 fully saturated rings. The molecule has 1 N–H and O–H groups in total. The fourth-order valence-corrected chi connectivity index (χ4v) is 4.00. The van der Waals surface area contributed by atoms with Gasteiger partial charge in [-0.25, -0.2) is 5.43 Å². The van der Waals surface area contributed by atoms with Crippen LogP contribution in [0.5, 0.6) is 11.5 Å². The van der Waals surface area contributed by atoms with Crippen LogP contribution in [0, 0.1) is 3.57 Å². The zero-order chi connectivity index (χ0) is 23.1. The van der Waals surface area contributed by atoms with Crippen molar-refractivity contribution < 1.29 is 14.3 Å². The van der Waals surface area contributed by atoms with Gasteiger partial charge in [-0.1, -0.05) is 46.9 Å². The molecule has 0 unspecified atom stereocenters. The Kier molecular flexibility index (Phi) is 9.04. The normalized spacial score (nSPS) is 10.9. The summed E-state index contributed by atoms with van der Waals surface area (Å²) in [6.07, 6.45) is 1.54. The maximum Gasteiger partial charge on any atom is 0.271 e. The van der Waals surface area contributed by atoms with Crippen molar-refractivity contribution in [2.24, 2.45) is 5.10 Å². The summed E-state index contributed by atoms with van der Waals surface area (Å²) in [5.74, 6) is 0.825. The lowest BCUT2D eigenvalue weighted by atomic mass is 10.2. The van der Waals surface area contributed by atoms with Crippen LogP contribution in [0.25, 0.3) is 0 Å². The van der Waals surface area contributed by atoms with Crippen LogP contribution in [0.4, 0.5) is 0 Å². The van der Waals surface area contributed by atoms with Crippen molar-refractivity contribution in [2.45, 2.75) is 13.5 Å². The topological polar surface area (TPSA) is 59.9 Å². The molecule has 0 spiro atoms. The molecule has 0 aromatic heterocycles. The number of nitrogens with zero attached hydrogens (tertiary/aromatic N) is 1. The number of nitrogens with one attached hydrogen (secondary N) is 1. The maximum absolute atomic E-state index is 12.2. The zero-order valence-electron chi connectivity index (χ0n) is 16.9. The van der Waals surface area contributed by atoms with Gasteiger partial charge >= 0.3 is 0 Å². The van der Waals surface area contributed by atoms with E-state index >= 15 is 0 Å². The standard InChI is InChI=1S/C23H18Cl3IN2O3/c1-2-31-21-10-15(12-28-29-23(30)16-4-3-5-17(24)11-16)9-20(27)22(21)32-13-14-6-7-18(25)19(26)8-14/h3-12H,2,13H2,1H3,(H,29,30)/b28-12+. The quantitative estimate of drug-likeness (QED) is 0.172. The van der Waals surface area contributed by atoms with Crippen LogP contribution in [0.3, 0.4) is 0 Å². The van der Waals surface area contributed by atoms with Crippen molar-refractivity contribution in [2.75, 3.05) is 6.61 Å². The van der Waals surface area contributed by atoms with Crippen LogP contribution in [0.15, 0.2) is 59.7 Å². The Morgan fingerprint density at radius 1 is 1.06 bits per heavy atom. The molecule has 0 radical (unpaired) electrons. The second-order valence-corrected chi connectivity index (χ2v) is 8.92. The van der Waals surface area contributed by atoms with E-state index in [1.807, 2.05) is 19.1 Å². The third-order valence-corrected chi connectivity index (χ3v) is 5.94. The Morgan fingerprint density at radius 2 is 1.88 bits per heavy atom. The SMILES string of the molecule is CCOc1cc(/C=N/NC(=O)c2cccc(Cl)c2)cc(I)c1OCc1ccc(Cl)c(Cl)c1. The summed E-state index contributed by atoms with van der Waals surface area (Å²) in [4.78, 5) is 12.2. The van der Waals surface area contributed by atoms with Crippen molar-refractivity contribution in [3.05, 3.63) is 89.9 Å². The number of hydrogen-bond donors (Lipinski definition) is 1. The van der Waals surface area contributed by atoms with E-state index in [2.05, 4.69) is 33.1 Å². The van der Waals surface area contributed by atoms with Crippen molar-refractivity contribution in [1.82, 2.24) is 5.43 Å². The summed E-state index contributed by atoms with van der Waals surface area (Å²) in [6.45, 7) is 2.66. The highest BCUT2D eigenvalue weighted by Crippen LogP contribution is 2.35. The smallest absolute Gasteiger partial charge is 0.271 e. The second kappa shape index (κ2) is 11.7. The minimum Gasteiger partial charge on any atom is -0.490 e. The summed E-state index contributed by atoms with van der Waals surface area (Å²) in [5.41, 5.74) is 4.54. The Labute approximate surface area is 214 Å². The highest BCUT2D eigenvalue weighted by Gasteiger charge is 2.13. The van der Waals surface area contributed by atoms with Crippen molar-refractivity contribution >= 4 is 69.5 Å². The zero-order valence-corrected chi connectivity index (χ0v) is 21.3. The van der Waals surface area contributed by atoms with Crippen molar-refractivity contribution in [3.8, 4) is 11.5 Å². The number of carbonyl (C=O) groups is 1. The third-order valence-electron chi connectivity index (χ3n) is 4.17. The van der Waals surface area contributed by atoms with E-state index in [0.717, 1.165) is 14.7 Å². The third kappa shape index (κ3) is 6.75. The molecule has 166 valence electrons. The van der Waals surface area contributed by atoms with Gasteiger partial charge in [0.15, 0.2) is 11.5 Å². The predicted molar refractivity (Wildman–Crippen MR) is 138 cm³/mol. The number of hydrazone groups is 1. The molecule has 9 heteroatoms. The molecular formula is C23H18Cl3IN2O3. The molecule has 0 atom stereocenters. The first-order valence-electron chi connectivity index (χ1n) is 9.49. The van der Waals surface area contributed by atoms with E-state index in [1.165, 1.54) is 6.21 Å². The largest absolute Gasteiger partial charge is 0.490 e. The van der Waals surface area contributed by atoms with E-state index in [1.54, 1.807) is 42.5 Å². The number of benzene rings is 3. The van der Waals surface area contributed by atoms with Gasteiger partial charge in [0, 0.05) is 10.6 Å². The Hall–Kier alpha value is -2.00. The van der Waals surface area contributed by atoms with Crippen LogP contribution in [0.1, 0.15) is 28.4 Å². The molecule has 0 heterocycles. The first kappa shape index (κ1) is 24.6. The molecule has 0 aliphatic heterocycles. The van der Waals surface area contributed by atoms with Gasteiger partial charge in [0.05, 0.1) is 26.4 Å². The molecule has 0 aliphatic carbocycles. The number of halogens is 4. The summed E-state index contributed by atoms with van der Waals surface area (Å²) < 4.78 is 12.6. The Morgan fingerprint density at radius 3 is 2.59 bits per heavy atom. The molecule has 0 saturated carbocycles. The van der Waals surface area contributed by atoms with Gasteiger partial charge in [0.25, 0.3) is 5.91 Å². The molecule has 5 nitrogen and oxygen atoms in total. The van der Waals surface area contributed by atoms with Crippen molar-refractivity contribution in [3.63, 3.8) is 0 Å². The molecule has 32 heavy (non-hydrogen) atoms. The van der Waals surface area contributed by atoms with Gasteiger partial charge in [0.2, 0.25) is 0 Å². The summed E-state index contributed by atoms with van der Waals surface area (Å²) in [7, 11) is 0. The second-order valence-electron chi connectivity index (χ2n) is 6.51. The highest BCUT2D eigenvalue weighted by atomic mass is 127. The molecular weight excluding hydrogens is 586 g/mol. The lowest BCUT2D eigenvalue weighted by molar-refractivity contribution is 0.0955. The van der Waals surface area contributed by atoms with Crippen LogP contribution >= 0.6 is 57.4 Å². The number of ether oxygens (including phenoxy) is 2. The van der Waals surface area contributed by atoms with Crippen LogP contribution in [-0.4, -0.2) is 18.7 Å². The summed E-state index contributed by atoms with van der Waals surface area (Å²) in [5, 5.41) is 5.48. The summed E-state index contributed by atoms with van der Waals surface area (Å²) >= 11 is 20.1. The number of rotatable bonds is 8. The predicted octanol–water partition coefficient (Wildman–Crippen LogP) is 6.99. The fraction of sp³-hybridized carbons (Fsp3) is 0.130. The van der Waals surface area contributed by atoms with Gasteiger partial charge in [0.1, 0.15) is 6.61 Å². The fourth-order valence-electron chi connectivity index (χ4n) is 2.71. The van der Waals surface area contributed by atoms with Gasteiger partial charge in [-0.3, -0.25) is 4.79 Å². The average Bonchev–Trinajstić information content (AvgIpc) is 2.75. The number of amides is 1. The lowest BCUT2D eigenvalue weighted by Crippen LogP contribution is -2.17. The lowest BCUT2D eigenvalue weighted by Gasteiger charge is -2.15. The minimum atomic E-state index is -0.356. The van der Waals surface area contributed by atoms with Gasteiger partial charge in [-0.2, -0.15) is 5.10 Å². The Balaban J connectivity index is 1.73. The number of hydrogen-bond acceptors (Lipinski definition) is 4. The molecule has 1 amide bonds. The van der Waals surface area contributed by atoms with Gasteiger partial charge in [-0.05, 0) is 83.1 Å². The van der Waals surface area contributed by atoms with E-state index in [-0.39, 0.29) is 5.91 Å². The van der Waals surface area contributed by atoms with Crippen LogP contribution in [-0.2, 0) is 6.61 Å². The van der Waals surface area contributed by atoms with Gasteiger partial charge in [-0.15, -0.1) is 0 Å². The van der Waals surface area contributed by atoms with Gasteiger partial charge < -0.3 is 9.47 Å². The highest BCUT2D eigenvalue weighted by molar-refractivity contribution is 14.1. The first-order chi connectivity index (χ1) is 15.4. The number of carbonyl (C=O) groups excluding carboxylic acids is 1. The maximum atomic E-state index is 12.2. The van der Waals surface area contributed by atoms with Crippen molar-refractivity contribution in [1.29, 1.82) is 0 Å². The van der Waals surface area contributed by atoms with E-state index in [4.69, 9.17) is 44.3 Å². The van der Waals surface area contributed by atoms with Crippen LogP contribution in [0.2, 0.25) is 15.1 Å². The molecule has 0 saturated heterocycles. The molecule has 3 rings (SSSR count). The van der Waals surface area contributed by atoms with E-state index in [9.17, 15) is 4.79 Å². The minimum absolute atomic E-state index is 0.302. The van der Waals surface area contributed by atoms with E-state index < -0.39 is 0 Å². The Bertz CT molecular complexity index is 1160. The first-order valence-corrected chi connectivity index (χ1v) is 11.7. The monoisotopic (exact) mass is 602 g/mol. The average molecular weight is 604 g/mol. The van der Waals surface area contributed by atoms with E-state index in [0.29, 0.717) is 45.3 Å². The molecule has 0 aliphatic rings. The summed E-state index contributed by atoms with van der Waals surface area (Å²) in [6, 6.07) is 15.7. The molecule has 3 aromatic carbocycles. The molecule has 3 aromatic rings.